The number of carbonyl (C=O) groups is 2. The fourth-order valence-corrected chi connectivity index (χ4v) is 2.25. The first kappa shape index (κ1) is 12.4. The number of nitrogens with one attached hydrogen (secondary N) is 1. The predicted molar refractivity (Wildman–Crippen MR) is 73.8 cm³/mol. The van der Waals surface area contributed by atoms with Crippen LogP contribution in [0.15, 0.2) is 36.5 Å². The van der Waals surface area contributed by atoms with E-state index in [-0.39, 0.29) is 5.91 Å². The van der Waals surface area contributed by atoms with Crippen LogP contribution in [0.1, 0.15) is 12.6 Å². The van der Waals surface area contributed by atoms with Crippen molar-refractivity contribution < 1.29 is 9.59 Å². The molecule has 0 saturated carbocycles. The van der Waals surface area contributed by atoms with E-state index in [1.54, 1.807) is 36.0 Å². The molecule has 2 heterocycles. The number of carbonyl (C=O) groups excluding carboxylic acids is 2. The van der Waals surface area contributed by atoms with Crippen LogP contribution >= 0.6 is 0 Å². The molecule has 1 fully saturated rings. The third kappa shape index (κ3) is 1.85. The average Bonchev–Trinajstić information content (AvgIpc) is 2.95. The first-order valence-electron chi connectivity index (χ1n) is 6.33. The highest BCUT2D eigenvalue weighted by Gasteiger charge is 2.36. The highest BCUT2D eigenvalue weighted by Crippen LogP contribution is 2.22. The van der Waals surface area contributed by atoms with Crippen LogP contribution in [0.25, 0.3) is 5.69 Å². The second kappa shape index (κ2) is 4.48. The molecule has 1 aliphatic heterocycles. The Bertz CT molecular complexity index is 692. The quantitative estimate of drug-likeness (QED) is 0.843. The lowest BCUT2D eigenvalue weighted by Crippen LogP contribution is -2.30. The van der Waals surface area contributed by atoms with Gasteiger partial charge < -0.3 is 5.32 Å². The molecule has 1 aliphatic rings. The first-order chi connectivity index (χ1) is 9.58. The first-order valence-corrected chi connectivity index (χ1v) is 6.33. The topological polar surface area (TPSA) is 67.2 Å². The number of urea groups is 1. The molecule has 0 aliphatic carbocycles. The zero-order valence-corrected chi connectivity index (χ0v) is 11.2. The van der Waals surface area contributed by atoms with Crippen LogP contribution in [0.3, 0.4) is 0 Å². The summed E-state index contributed by atoms with van der Waals surface area (Å²) in [5.41, 5.74) is 2.34. The van der Waals surface area contributed by atoms with Gasteiger partial charge in [0.2, 0.25) is 0 Å². The van der Waals surface area contributed by atoms with E-state index >= 15 is 0 Å². The van der Waals surface area contributed by atoms with Crippen molar-refractivity contribution in [3.8, 4) is 5.69 Å². The van der Waals surface area contributed by atoms with Gasteiger partial charge in [0.15, 0.2) is 0 Å². The third-order valence-corrected chi connectivity index (χ3v) is 3.30. The molecule has 6 nitrogen and oxygen atoms in total. The minimum Gasteiger partial charge on any atom is -0.326 e. The normalized spacial score (nSPS) is 18.5. The summed E-state index contributed by atoms with van der Waals surface area (Å²) in [6.07, 6.45) is 1.71. The molecular weight excluding hydrogens is 256 g/mol. The van der Waals surface area contributed by atoms with Crippen LogP contribution in [0.2, 0.25) is 0 Å². The van der Waals surface area contributed by atoms with E-state index in [0.717, 1.165) is 16.3 Å². The molecular formula is C14H14N4O2. The molecule has 6 heteroatoms. The van der Waals surface area contributed by atoms with E-state index in [1.165, 1.54) is 0 Å². The lowest BCUT2D eigenvalue weighted by Gasteiger charge is -2.14. The predicted octanol–water partition coefficient (Wildman–Crippen LogP) is 1.63. The monoisotopic (exact) mass is 270 g/mol. The summed E-state index contributed by atoms with van der Waals surface area (Å²) >= 11 is 0. The minimum atomic E-state index is -0.488. The molecule has 0 spiro atoms. The van der Waals surface area contributed by atoms with Crippen molar-refractivity contribution in [3.63, 3.8) is 0 Å². The summed E-state index contributed by atoms with van der Waals surface area (Å²) < 4.78 is 1.76. The number of hydrogen-bond acceptors (Lipinski definition) is 3. The Balaban J connectivity index is 2.02. The SMILES string of the molecule is Cc1ccnn1-c1cccc(N2C(=O)N[C@H](C)C2=O)c1. The van der Waals surface area contributed by atoms with E-state index in [2.05, 4.69) is 10.4 Å². The number of hydrogen-bond donors (Lipinski definition) is 1. The lowest BCUT2D eigenvalue weighted by molar-refractivity contribution is -0.117. The largest absolute Gasteiger partial charge is 0.329 e. The van der Waals surface area contributed by atoms with Crippen molar-refractivity contribution >= 4 is 17.6 Å². The number of amides is 3. The number of nitrogens with zero attached hydrogens (tertiary/aromatic N) is 3. The van der Waals surface area contributed by atoms with Crippen LogP contribution in [0, 0.1) is 6.92 Å². The number of rotatable bonds is 2. The summed E-state index contributed by atoms with van der Waals surface area (Å²) in [6, 6.07) is 8.20. The molecule has 3 amide bonds. The number of benzene rings is 1. The van der Waals surface area contributed by atoms with E-state index < -0.39 is 12.1 Å². The summed E-state index contributed by atoms with van der Waals surface area (Å²) in [7, 11) is 0. The summed E-state index contributed by atoms with van der Waals surface area (Å²) in [5.74, 6) is -0.246. The Morgan fingerprint density at radius 2 is 1.95 bits per heavy atom. The van der Waals surface area contributed by atoms with E-state index in [1.807, 2.05) is 19.1 Å². The highest BCUT2D eigenvalue weighted by atomic mass is 16.2. The van der Waals surface area contributed by atoms with Gasteiger partial charge in [-0.05, 0) is 38.1 Å². The fourth-order valence-electron chi connectivity index (χ4n) is 2.25. The Kier molecular flexibility index (Phi) is 2.78. The van der Waals surface area contributed by atoms with Gasteiger partial charge >= 0.3 is 6.03 Å². The number of aromatic nitrogens is 2. The molecule has 2 aromatic rings. The summed E-state index contributed by atoms with van der Waals surface area (Å²) in [6.45, 7) is 3.61. The van der Waals surface area contributed by atoms with Crippen LogP contribution in [-0.2, 0) is 4.79 Å². The van der Waals surface area contributed by atoms with Crippen LogP contribution in [0.5, 0.6) is 0 Å². The second-order valence-corrected chi connectivity index (χ2v) is 4.75. The smallest absolute Gasteiger partial charge is 0.326 e. The van der Waals surface area contributed by atoms with Crippen LogP contribution in [0.4, 0.5) is 10.5 Å². The van der Waals surface area contributed by atoms with Crippen molar-refractivity contribution in [1.82, 2.24) is 15.1 Å². The van der Waals surface area contributed by atoms with Gasteiger partial charge in [0, 0.05) is 11.9 Å². The molecule has 3 rings (SSSR count). The van der Waals surface area contributed by atoms with Gasteiger partial charge in [-0.25, -0.2) is 14.4 Å². The zero-order valence-electron chi connectivity index (χ0n) is 11.2. The maximum absolute atomic E-state index is 12.0. The van der Waals surface area contributed by atoms with Gasteiger partial charge in [0.05, 0.1) is 11.4 Å². The van der Waals surface area contributed by atoms with Crippen LogP contribution < -0.4 is 10.2 Å². The Labute approximate surface area is 116 Å². The number of imide groups is 1. The molecule has 0 bridgehead atoms. The van der Waals surface area contributed by atoms with E-state index in [9.17, 15) is 9.59 Å². The van der Waals surface area contributed by atoms with Crippen LogP contribution in [-0.4, -0.2) is 27.8 Å². The highest BCUT2D eigenvalue weighted by molar-refractivity contribution is 6.21. The lowest BCUT2D eigenvalue weighted by atomic mass is 10.2. The van der Waals surface area contributed by atoms with Gasteiger partial charge in [0.25, 0.3) is 5.91 Å². The van der Waals surface area contributed by atoms with Gasteiger partial charge in [0.1, 0.15) is 6.04 Å². The molecule has 0 unspecified atom stereocenters. The maximum Gasteiger partial charge on any atom is 0.329 e. The van der Waals surface area contributed by atoms with E-state index in [4.69, 9.17) is 0 Å². The molecule has 1 saturated heterocycles. The molecule has 1 aromatic heterocycles. The van der Waals surface area contributed by atoms with Gasteiger partial charge in [-0.15, -0.1) is 0 Å². The molecule has 102 valence electrons. The Hall–Kier alpha value is -2.63. The number of aryl methyl sites for hydroxylation is 1. The molecule has 1 N–H and O–H groups in total. The van der Waals surface area contributed by atoms with Crippen molar-refractivity contribution in [3.05, 3.63) is 42.2 Å². The number of anilines is 1. The van der Waals surface area contributed by atoms with Gasteiger partial charge in [-0.2, -0.15) is 5.10 Å². The zero-order chi connectivity index (χ0) is 14.3. The van der Waals surface area contributed by atoms with Crippen molar-refractivity contribution in [2.45, 2.75) is 19.9 Å². The Morgan fingerprint density at radius 1 is 1.20 bits per heavy atom. The Morgan fingerprint density at radius 3 is 2.55 bits per heavy atom. The van der Waals surface area contributed by atoms with Crippen molar-refractivity contribution in [2.24, 2.45) is 0 Å². The average molecular weight is 270 g/mol. The maximum atomic E-state index is 12.0. The van der Waals surface area contributed by atoms with Crippen molar-refractivity contribution in [2.75, 3.05) is 4.90 Å². The third-order valence-electron chi connectivity index (χ3n) is 3.30. The van der Waals surface area contributed by atoms with Gasteiger partial charge in [-0.1, -0.05) is 6.07 Å². The molecule has 20 heavy (non-hydrogen) atoms. The summed E-state index contributed by atoms with van der Waals surface area (Å²) in [5, 5.41) is 6.82. The molecule has 0 radical (unpaired) electrons. The molecule has 1 atom stereocenters. The standard InChI is InChI=1S/C14H14N4O2/c1-9-6-7-15-18(9)12-5-3-4-11(8-12)17-13(19)10(2)16-14(17)20/h3-8,10H,1-2H3,(H,16,20)/t10-/m1/s1. The van der Waals surface area contributed by atoms with E-state index in [0.29, 0.717) is 5.69 Å². The fraction of sp³-hybridized carbons (Fsp3) is 0.214. The summed E-state index contributed by atoms with van der Waals surface area (Å²) in [4.78, 5) is 25.0. The minimum absolute atomic E-state index is 0.246. The second-order valence-electron chi connectivity index (χ2n) is 4.75. The van der Waals surface area contributed by atoms with Crippen molar-refractivity contribution in [1.29, 1.82) is 0 Å². The molecule has 1 aromatic carbocycles. The van der Waals surface area contributed by atoms with Gasteiger partial charge in [-0.3, -0.25) is 4.79 Å².